The van der Waals surface area contributed by atoms with Gasteiger partial charge in [0.05, 0.1) is 30.7 Å². The summed E-state index contributed by atoms with van der Waals surface area (Å²) in [4.78, 5) is 29.4. The van der Waals surface area contributed by atoms with Crippen LogP contribution in [0, 0.1) is 32.6 Å². The highest BCUT2D eigenvalue weighted by Gasteiger charge is 2.41. The van der Waals surface area contributed by atoms with Gasteiger partial charge in [0.15, 0.2) is 11.5 Å². The van der Waals surface area contributed by atoms with E-state index in [1.165, 1.54) is 44.6 Å². The molecule has 0 saturated heterocycles. The summed E-state index contributed by atoms with van der Waals surface area (Å²) in [5, 5.41) is -0.144. The van der Waals surface area contributed by atoms with Gasteiger partial charge < -0.3 is 23.4 Å². The largest absolute Gasteiger partial charge is 0.493 e. The van der Waals surface area contributed by atoms with Gasteiger partial charge in [-0.25, -0.2) is 4.79 Å². The van der Waals surface area contributed by atoms with Gasteiger partial charge in [0.25, 0.3) is 5.76 Å². The van der Waals surface area contributed by atoms with Crippen molar-refractivity contribution in [2.24, 2.45) is 11.8 Å². The van der Waals surface area contributed by atoms with Crippen LogP contribution in [0.3, 0.4) is 0 Å². The maximum atomic E-state index is 14.7. The zero-order valence-electron chi connectivity index (χ0n) is 28.8. The van der Waals surface area contributed by atoms with Crippen LogP contribution in [0.15, 0.2) is 51.7 Å². The molecule has 0 bridgehead atoms. The summed E-state index contributed by atoms with van der Waals surface area (Å²) in [5.74, 6) is -2.18. The molecular formula is C37H42F3NO7. The van der Waals surface area contributed by atoms with Gasteiger partial charge in [0.1, 0.15) is 17.1 Å². The van der Waals surface area contributed by atoms with Gasteiger partial charge in [-0.05, 0) is 85.7 Å². The van der Waals surface area contributed by atoms with Crippen LogP contribution >= 0.6 is 0 Å². The molecule has 3 aromatic carbocycles. The quantitative estimate of drug-likeness (QED) is 0.109. The normalized spacial score (nSPS) is 11.9. The van der Waals surface area contributed by atoms with Crippen molar-refractivity contribution in [3.05, 3.63) is 86.3 Å². The summed E-state index contributed by atoms with van der Waals surface area (Å²) in [5.41, 5.74) is 1.04. The Morgan fingerprint density at radius 1 is 0.854 bits per heavy atom. The molecule has 1 heterocycles. The lowest BCUT2D eigenvalue weighted by Crippen LogP contribution is -2.31. The summed E-state index contributed by atoms with van der Waals surface area (Å²) in [6.07, 6.45) is -5.09. The number of alkyl halides is 3. The maximum Gasteiger partial charge on any atom is 0.453 e. The van der Waals surface area contributed by atoms with Crippen molar-refractivity contribution in [2.75, 3.05) is 27.3 Å². The predicted molar refractivity (Wildman–Crippen MR) is 178 cm³/mol. The van der Waals surface area contributed by atoms with Crippen LogP contribution in [0.1, 0.15) is 66.1 Å². The number of aryl methyl sites for hydroxylation is 2. The number of hydrogen-bond donors (Lipinski definition) is 0. The van der Waals surface area contributed by atoms with E-state index in [1.54, 1.807) is 26.8 Å². The highest BCUT2D eigenvalue weighted by Crippen LogP contribution is 2.41. The van der Waals surface area contributed by atoms with Gasteiger partial charge in [-0.3, -0.25) is 9.69 Å². The lowest BCUT2D eigenvalue weighted by atomic mass is 10.0. The average molecular weight is 670 g/mol. The number of esters is 1. The molecular weight excluding hydrogens is 627 g/mol. The molecule has 0 aliphatic heterocycles. The zero-order chi connectivity index (χ0) is 35.5. The molecule has 258 valence electrons. The second-order valence-electron chi connectivity index (χ2n) is 12.8. The van der Waals surface area contributed by atoms with E-state index in [4.69, 9.17) is 23.4 Å². The molecule has 0 amide bonds. The van der Waals surface area contributed by atoms with E-state index in [1.807, 2.05) is 38.7 Å². The first-order valence-corrected chi connectivity index (χ1v) is 15.7. The first-order chi connectivity index (χ1) is 22.5. The summed E-state index contributed by atoms with van der Waals surface area (Å²) in [6.45, 7) is 14.6. The fourth-order valence-electron chi connectivity index (χ4n) is 5.60. The predicted octanol–water partition coefficient (Wildman–Crippen LogP) is 8.88. The van der Waals surface area contributed by atoms with Gasteiger partial charge in [-0.1, -0.05) is 33.8 Å². The second-order valence-corrected chi connectivity index (χ2v) is 12.8. The number of halogens is 3. The molecule has 4 aromatic rings. The smallest absolute Gasteiger partial charge is 0.453 e. The molecule has 11 heteroatoms. The number of ether oxygens (including phenoxy) is 4. The minimum Gasteiger partial charge on any atom is -0.493 e. The minimum absolute atomic E-state index is 0.0405. The van der Waals surface area contributed by atoms with Crippen LogP contribution < -0.4 is 24.4 Å². The molecule has 1 aromatic heterocycles. The molecule has 0 aliphatic rings. The number of rotatable bonds is 12. The number of carbonyl (C=O) groups excluding carboxylic acids is 1. The molecule has 0 aliphatic carbocycles. The number of hydrogen-bond acceptors (Lipinski definition) is 8. The molecule has 0 fully saturated rings. The van der Waals surface area contributed by atoms with Gasteiger partial charge in [-0.2, -0.15) is 13.2 Å². The third-order valence-electron chi connectivity index (χ3n) is 7.76. The van der Waals surface area contributed by atoms with Crippen LogP contribution in [0.5, 0.6) is 28.7 Å². The molecule has 0 spiro atoms. The Bertz CT molecular complexity index is 1850. The Labute approximate surface area is 278 Å². The summed E-state index contributed by atoms with van der Waals surface area (Å²) in [6, 6.07) is 10.6. The van der Waals surface area contributed by atoms with E-state index in [-0.39, 0.29) is 57.7 Å². The van der Waals surface area contributed by atoms with E-state index < -0.39 is 29.1 Å². The Balaban J connectivity index is 1.95. The van der Waals surface area contributed by atoms with Crippen molar-refractivity contribution in [2.45, 2.75) is 61.2 Å². The Hall–Kier alpha value is -4.51. The van der Waals surface area contributed by atoms with Crippen LogP contribution in [0.2, 0.25) is 0 Å². The van der Waals surface area contributed by atoms with Gasteiger partial charge in [-0.15, -0.1) is 0 Å². The van der Waals surface area contributed by atoms with E-state index in [2.05, 4.69) is 0 Å². The number of nitrogens with zero attached hydrogens (tertiary/aromatic N) is 1. The van der Waals surface area contributed by atoms with Crippen molar-refractivity contribution in [3.63, 3.8) is 0 Å². The lowest BCUT2D eigenvalue weighted by Gasteiger charge is -2.27. The molecule has 8 nitrogen and oxygen atoms in total. The van der Waals surface area contributed by atoms with E-state index in [9.17, 15) is 22.8 Å². The summed E-state index contributed by atoms with van der Waals surface area (Å²) < 4.78 is 71.8. The van der Waals surface area contributed by atoms with Crippen molar-refractivity contribution < 1.29 is 41.3 Å². The zero-order valence-corrected chi connectivity index (χ0v) is 28.8. The second kappa shape index (κ2) is 14.7. The van der Waals surface area contributed by atoms with Crippen LogP contribution in [0.4, 0.5) is 13.2 Å². The number of carbonyl (C=O) groups is 1. The molecule has 4 rings (SSSR count). The lowest BCUT2D eigenvalue weighted by molar-refractivity contribution is -0.154. The topological polar surface area (TPSA) is 87.4 Å². The summed E-state index contributed by atoms with van der Waals surface area (Å²) in [7, 11) is 2.88. The van der Waals surface area contributed by atoms with Crippen molar-refractivity contribution >= 4 is 16.9 Å². The maximum absolute atomic E-state index is 14.7. The molecule has 48 heavy (non-hydrogen) atoms. The number of methoxy groups -OCH3 is 2. The van der Waals surface area contributed by atoms with Crippen LogP contribution in [-0.4, -0.2) is 38.2 Å². The third-order valence-corrected chi connectivity index (χ3v) is 7.76. The van der Waals surface area contributed by atoms with Crippen LogP contribution in [0.25, 0.3) is 11.0 Å². The molecule has 0 N–H and O–H groups in total. The molecule has 0 saturated carbocycles. The third kappa shape index (κ3) is 8.13. The SMILES string of the molecule is COc1ccc(C(=O)Oc2ccc3c(=O)c(Oc4cc(C)cc(C)c4C)c(C(F)(F)F)oc3c2CN(CC(C)C)CC(C)C)cc1OC. The molecule has 0 unspecified atom stereocenters. The fraction of sp³-hybridized carbons (Fsp3) is 0.405. The highest BCUT2D eigenvalue weighted by atomic mass is 19.4. The minimum atomic E-state index is -5.09. The first-order valence-electron chi connectivity index (χ1n) is 15.7. The van der Waals surface area contributed by atoms with Crippen molar-refractivity contribution in [3.8, 4) is 28.7 Å². The van der Waals surface area contributed by atoms with Crippen molar-refractivity contribution in [1.29, 1.82) is 0 Å². The monoisotopic (exact) mass is 669 g/mol. The standard InChI is InChI=1S/C37H42F3NO7/c1-20(2)17-41(18-21(3)4)19-27-28(47-36(43)25-10-12-29(44-8)31(16-25)45-9)13-11-26-32(42)34(35(37(38,39)40)48-33(26)27)46-30-15-22(5)14-23(6)24(30)7/h10-16,20-21H,17-19H2,1-9H3. The van der Waals surface area contributed by atoms with Crippen LogP contribution in [-0.2, 0) is 12.7 Å². The average Bonchev–Trinajstić information content (AvgIpc) is 3.00. The highest BCUT2D eigenvalue weighted by molar-refractivity contribution is 5.93. The molecule has 0 atom stereocenters. The Kier molecular flexibility index (Phi) is 11.1. The Morgan fingerprint density at radius 2 is 1.48 bits per heavy atom. The molecule has 0 radical (unpaired) electrons. The van der Waals surface area contributed by atoms with E-state index in [0.29, 0.717) is 24.4 Å². The van der Waals surface area contributed by atoms with E-state index >= 15 is 0 Å². The van der Waals surface area contributed by atoms with Gasteiger partial charge >= 0.3 is 12.1 Å². The number of benzene rings is 3. The van der Waals surface area contributed by atoms with Crippen molar-refractivity contribution in [1.82, 2.24) is 4.90 Å². The van der Waals surface area contributed by atoms with Gasteiger partial charge in [0, 0.05) is 19.6 Å². The Morgan fingerprint density at radius 3 is 2.06 bits per heavy atom. The number of fused-ring (bicyclic) bond motifs is 1. The first kappa shape index (κ1) is 36.3. The summed E-state index contributed by atoms with van der Waals surface area (Å²) >= 11 is 0. The van der Waals surface area contributed by atoms with Gasteiger partial charge in [0.2, 0.25) is 11.2 Å². The van der Waals surface area contributed by atoms with E-state index in [0.717, 1.165) is 11.1 Å². The fourth-order valence-corrected chi connectivity index (χ4v) is 5.60.